The zero-order chi connectivity index (χ0) is 23.3. The first kappa shape index (κ1) is 22.9. The number of rotatable bonds is 5. The van der Waals surface area contributed by atoms with E-state index in [2.05, 4.69) is 24.0 Å². The Morgan fingerprint density at radius 1 is 1.21 bits per heavy atom. The highest BCUT2D eigenvalue weighted by molar-refractivity contribution is 7.98. The van der Waals surface area contributed by atoms with Gasteiger partial charge < -0.3 is 4.74 Å². The molecule has 9 heteroatoms. The van der Waals surface area contributed by atoms with Gasteiger partial charge in [0.2, 0.25) is 5.13 Å². The predicted molar refractivity (Wildman–Crippen MR) is 131 cm³/mol. The first-order chi connectivity index (χ1) is 15.9. The van der Waals surface area contributed by atoms with Gasteiger partial charge in [-0.15, -0.1) is 33.6 Å². The third-order valence-electron chi connectivity index (χ3n) is 6.46. The lowest BCUT2D eigenvalue weighted by molar-refractivity contribution is -0.131. The van der Waals surface area contributed by atoms with Crippen LogP contribution in [-0.4, -0.2) is 39.6 Å². The minimum Gasteiger partial charge on any atom is -0.483 e. The number of Topliss-reactive ketones (excluding diaryl/α,β-unsaturated/α-hetero) is 1. The van der Waals surface area contributed by atoms with Gasteiger partial charge in [-0.2, -0.15) is 0 Å². The van der Waals surface area contributed by atoms with Crippen molar-refractivity contribution in [3.05, 3.63) is 46.2 Å². The molecule has 2 aliphatic heterocycles. The third kappa shape index (κ3) is 4.10. The molecule has 4 atom stereocenters. The number of carbonyl (C=O) groups is 2. The standard InChI is InChI=1S/C24H26ClN3O3S2/c1-12(2)10-18-26-27-24(33-18)28-20(13-4-7-15(32-3)8-5-13)19-21(29)16-11-14(25)6-9-17(16)31-22(19)23(28)30/h4-5,7-8,12,14,16-17,20H,6,9-11H2,1-3H3. The Bertz CT molecular complexity index is 1110. The van der Waals surface area contributed by atoms with Crippen LogP contribution in [0.3, 0.4) is 0 Å². The number of hydrogen-bond donors (Lipinski definition) is 0. The Morgan fingerprint density at radius 2 is 1.97 bits per heavy atom. The molecular weight excluding hydrogens is 478 g/mol. The van der Waals surface area contributed by atoms with Crippen molar-refractivity contribution in [3.8, 4) is 0 Å². The van der Waals surface area contributed by atoms with Crippen LogP contribution in [0.15, 0.2) is 40.5 Å². The number of carbonyl (C=O) groups excluding carboxylic acids is 2. The summed E-state index contributed by atoms with van der Waals surface area (Å²) in [6.07, 6.45) is 4.55. The van der Waals surface area contributed by atoms with Gasteiger partial charge in [0, 0.05) is 16.7 Å². The fourth-order valence-corrected chi connectivity index (χ4v) is 6.69. The van der Waals surface area contributed by atoms with Crippen molar-refractivity contribution in [1.29, 1.82) is 0 Å². The Hall–Kier alpha value is -1.90. The van der Waals surface area contributed by atoms with Gasteiger partial charge in [0.1, 0.15) is 11.1 Å². The van der Waals surface area contributed by atoms with Crippen molar-refractivity contribution in [2.75, 3.05) is 11.2 Å². The summed E-state index contributed by atoms with van der Waals surface area (Å²) in [7, 11) is 0. The van der Waals surface area contributed by atoms with Crippen molar-refractivity contribution in [1.82, 2.24) is 10.2 Å². The molecule has 1 aromatic carbocycles. The molecule has 3 aliphatic rings. The number of aromatic nitrogens is 2. The summed E-state index contributed by atoms with van der Waals surface area (Å²) in [6, 6.07) is 7.41. The second-order valence-corrected chi connectivity index (χ2v) is 11.7. The molecular formula is C24H26ClN3O3S2. The van der Waals surface area contributed by atoms with Crippen LogP contribution in [0.25, 0.3) is 0 Å². The van der Waals surface area contributed by atoms with E-state index in [0.29, 0.717) is 29.5 Å². The minimum atomic E-state index is -0.576. The van der Waals surface area contributed by atoms with Crippen molar-refractivity contribution in [3.63, 3.8) is 0 Å². The van der Waals surface area contributed by atoms with Crippen molar-refractivity contribution in [2.45, 2.75) is 61.9 Å². The molecule has 0 spiro atoms. The number of ketones is 1. The van der Waals surface area contributed by atoms with Gasteiger partial charge in [0.05, 0.1) is 17.5 Å². The number of ether oxygens (including phenoxy) is 1. The summed E-state index contributed by atoms with van der Waals surface area (Å²) >= 11 is 9.46. The molecule has 1 aliphatic carbocycles. The molecule has 1 amide bonds. The van der Waals surface area contributed by atoms with Gasteiger partial charge >= 0.3 is 0 Å². The second-order valence-electron chi connectivity index (χ2n) is 9.21. The van der Waals surface area contributed by atoms with Crippen LogP contribution in [-0.2, 0) is 20.7 Å². The number of nitrogens with zero attached hydrogens (tertiary/aromatic N) is 3. The van der Waals surface area contributed by atoms with Crippen molar-refractivity contribution < 1.29 is 14.3 Å². The molecule has 1 saturated carbocycles. The SMILES string of the molecule is CSc1ccc(C2C3=C(OC4CCC(Cl)CC4C3=O)C(=O)N2c2nnc(CC(C)C)s2)cc1. The van der Waals surface area contributed by atoms with Crippen LogP contribution in [0.4, 0.5) is 5.13 Å². The molecule has 174 valence electrons. The lowest BCUT2D eigenvalue weighted by Crippen LogP contribution is -2.41. The molecule has 6 nitrogen and oxygen atoms in total. The minimum absolute atomic E-state index is 0.0201. The highest BCUT2D eigenvalue weighted by Crippen LogP contribution is 2.49. The zero-order valence-electron chi connectivity index (χ0n) is 18.8. The maximum atomic E-state index is 13.8. The molecule has 0 saturated heterocycles. The summed E-state index contributed by atoms with van der Waals surface area (Å²) in [5, 5.41) is 10.00. The highest BCUT2D eigenvalue weighted by atomic mass is 35.5. The van der Waals surface area contributed by atoms with E-state index in [0.717, 1.165) is 28.3 Å². The molecule has 0 N–H and O–H groups in total. The number of alkyl halides is 1. The van der Waals surface area contributed by atoms with Crippen molar-refractivity contribution >= 4 is 51.5 Å². The molecule has 5 rings (SSSR count). The normalized spacial score (nSPS) is 27.1. The topological polar surface area (TPSA) is 72.4 Å². The third-order valence-corrected chi connectivity index (χ3v) is 8.55. The molecule has 2 aromatic rings. The van der Waals surface area contributed by atoms with E-state index in [9.17, 15) is 9.59 Å². The summed E-state index contributed by atoms with van der Waals surface area (Å²) in [5.41, 5.74) is 1.30. The lowest BCUT2D eigenvalue weighted by Gasteiger charge is -2.37. The second kappa shape index (κ2) is 9.04. The first-order valence-electron chi connectivity index (χ1n) is 11.3. The van der Waals surface area contributed by atoms with Gasteiger partial charge in [-0.25, -0.2) is 0 Å². The van der Waals surface area contributed by atoms with Crippen LogP contribution in [0.1, 0.15) is 49.7 Å². The Balaban J connectivity index is 1.59. The number of thioether (sulfide) groups is 1. The molecule has 4 unspecified atom stereocenters. The quantitative estimate of drug-likeness (QED) is 0.413. The van der Waals surface area contributed by atoms with Gasteiger partial charge in [-0.1, -0.05) is 37.3 Å². The molecule has 0 radical (unpaired) electrons. The zero-order valence-corrected chi connectivity index (χ0v) is 21.2. The molecule has 1 aromatic heterocycles. The number of anilines is 1. The number of hydrogen-bond acceptors (Lipinski definition) is 7. The number of halogens is 1. The maximum absolute atomic E-state index is 13.8. The van der Waals surface area contributed by atoms with Crippen LogP contribution in [0, 0.1) is 11.8 Å². The van der Waals surface area contributed by atoms with Crippen LogP contribution in [0.2, 0.25) is 0 Å². The van der Waals surface area contributed by atoms with Gasteiger partial charge in [-0.3, -0.25) is 14.5 Å². The number of amides is 1. The van der Waals surface area contributed by atoms with Crippen LogP contribution in [0.5, 0.6) is 0 Å². The van der Waals surface area contributed by atoms with Gasteiger partial charge in [0.25, 0.3) is 5.91 Å². The highest BCUT2D eigenvalue weighted by Gasteiger charge is 2.53. The predicted octanol–water partition coefficient (Wildman–Crippen LogP) is 5.18. The van der Waals surface area contributed by atoms with Crippen molar-refractivity contribution in [2.24, 2.45) is 11.8 Å². The van der Waals surface area contributed by atoms with Gasteiger partial charge in [0.15, 0.2) is 11.5 Å². The number of fused-ring (bicyclic) bond motifs is 1. The summed E-state index contributed by atoms with van der Waals surface area (Å²) in [6.45, 7) is 4.24. The summed E-state index contributed by atoms with van der Waals surface area (Å²) in [4.78, 5) is 30.1. The molecule has 3 heterocycles. The van der Waals surface area contributed by atoms with E-state index in [1.165, 1.54) is 11.3 Å². The van der Waals surface area contributed by atoms with Gasteiger partial charge in [-0.05, 0) is 49.1 Å². The first-order valence-corrected chi connectivity index (χ1v) is 13.7. The average Bonchev–Trinajstić information content (AvgIpc) is 3.36. The average molecular weight is 504 g/mol. The fraction of sp³-hybridized carbons (Fsp3) is 0.500. The molecule has 1 fully saturated rings. The molecule has 33 heavy (non-hydrogen) atoms. The Kier molecular flexibility index (Phi) is 6.27. The number of benzene rings is 1. The molecule has 0 bridgehead atoms. The monoisotopic (exact) mass is 503 g/mol. The van der Waals surface area contributed by atoms with Crippen LogP contribution >= 0.6 is 34.7 Å². The van der Waals surface area contributed by atoms with E-state index in [1.54, 1.807) is 16.7 Å². The van der Waals surface area contributed by atoms with E-state index < -0.39 is 6.04 Å². The fourth-order valence-electron chi connectivity index (χ4n) is 4.89. The Labute approximate surface area is 206 Å². The largest absolute Gasteiger partial charge is 0.483 e. The van der Waals surface area contributed by atoms with E-state index >= 15 is 0 Å². The summed E-state index contributed by atoms with van der Waals surface area (Å²) in [5.74, 6) is -0.0393. The maximum Gasteiger partial charge on any atom is 0.296 e. The van der Waals surface area contributed by atoms with E-state index in [4.69, 9.17) is 16.3 Å². The Morgan fingerprint density at radius 3 is 2.67 bits per heavy atom. The smallest absolute Gasteiger partial charge is 0.296 e. The van der Waals surface area contributed by atoms with E-state index in [1.807, 2.05) is 30.5 Å². The lowest BCUT2D eigenvalue weighted by atomic mass is 9.77. The summed E-state index contributed by atoms with van der Waals surface area (Å²) < 4.78 is 6.23. The van der Waals surface area contributed by atoms with Crippen LogP contribution < -0.4 is 4.90 Å². The van der Waals surface area contributed by atoms with E-state index in [-0.39, 0.29) is 34.8 Å².